The van der Waals surface area contributed by atoms with Crippen molar-refractivity contribution in [2.75, 3.05) is 56.5 Å². The van der Waals surface area contributed by atoms with Gasteiger partial charge in [0.15, 0.2) is 17.3 Å². The average Bonchev–Trinajstić information content (AvgIpc) is 3.42. The minimum Gasteiger partial charge on any atom is -0.367 e. The molecule has 0 radical (unpaired) electrons. The zero-order valence-corrected chi connectivity index (χ0v) is 16.8. The van der Waals surface area contributed by atoms with Gasteiger partial charge in [-0.05, 0) is 32.1 Å². The largest absolute Gasteiger partial charge is 0.367 e. The van der Waals surface area contributed by atoms with Crippen LogP contribution in [0.5, 0.6) is 0 Å². The molecule has 0 bridgehead atoms. The standard InChI is InChI=1S/C20H24F2N8/c1-28-6-8-29(9-7-28)16-3-2-14(17(21)18(16)22)26-20-24-11-15-19(27-20)30(12-25-15)13-4-5-23-10-13/h2-3,11-13,23H,4-10H2,1H3,(H,24,26,27). The van der Waals surface area contributed by atoms with Crippen molar-refractivity contribution >= 4 is 28.5 Å². The van der Waals surface area contributed by atoms with E-state index in [4.69, 9.17) is 0 Å². The highest BCUT2D eigenvalue weighted by Gasteiger charge is 2.22. The molecule has 1 atom stereocenters. The smallest absolute Gasteiger partial charge is 0.229 e. The van der Waals surface area contributed by atoms with Crippen LogP contribution in [0.25, 0.3) is 11.2 Å². The molecule has 158 valence electrons. The van der Waals surface area contributed by atoms with Gasteiger partial charge in [0.2, 0.25) is 5.95 Å². The van der Waals surface area contributed by atoms with Crippen molar-refractivity contribution in [3.05, 3.63) is 36.3 Å². The Morgan fingerprint density at radius 1 is 1.10 bits per heavy atom. The van der Waals surface area contributed by atoms with Gasteiger partial charge in [-0.15, -0.1) is 0 Å². The molecule has 0 spiro atoms. The Morgan fingerprint density at radius 3 is 2.70 bits per heavy atom. The molecule has 0 aliphatic carbocycles. The number of likely N-dealkylation sites (N-methyl/N-ethyl adjacent to an activating group) is 1. The highest BCUT2D eigenvalue weighted by molar-refractivity contribution is 5.72. The monoisotopic (exact) mass is 414 g/mol. The average molecular weight is 414 g/mol. The molecule has 2 saturated heterocycles. The van der Waals surface area contributed by atoms with Crippen molar-refractivity contribution in [1.82, 2.24) is 29.7 Å². The summed E-state index contributed by atoms with van der Waals surface area (Å²) < 4.78 is 31.6. The predicted octanol–water partition coefficient (Wildman–Crippen LogP) is 2.13. The lowest BCUT2D eigenvalue weighted by Crippen LogP contribution is -2.44. The van der Waals surface area contributed by atoms with Crippen LogP contribution in [0.3, 0.4) is 0 Å². The molecule has 2 N–H and O–H groups in total. The fraction of sp³-hybridized carbons (Fsp3) is 0.450. The second kappa shape index (κ2) is 7.77. The molecule has 5 rings (SSSR count). The van der Waals surface area contributed by atoms with Gasteiger partial charge in [-0.25, -0.2) is 18.7 Å². The Balaban J connectivity index is 1.40. The fourth-order valence-corrected chi connectivity index (χ4v) is 4.08. The maximum atomic E-state index is 14.8. The van der Waals surface area contributed by atoms with Crippen LogP contribution in [-0.2, 0) is 0 Å². The number of nitrogens with one attached hydrogen (secondary N) is 2. The van der Waals surface area contributed by atoms with Crippen LogP contribution in [0.4, 0.5) is 26.1 Å². The second-order valence-corrected chi connectivity index (χ2v) is 7.88. The number of aromatic nitrogens is 4. The van der Waals surface area contributed by atoms with E-state index in [1.165, 1.54) is 6.07 Å². The molecule has 2 aliphatic heterocycles. The summed E-state index contributed by atoms with van der Waals surface area (Å²) in [4.78, 5) is 17.1. The quantitative estimate of drug-likeness (QED) is 0.678. The highest BCUT2D eigenvalue weighted by Crippen LogP contribution is 2.29. The number of benzene rings is 1. The van der Waals surface area contributed by atoms with Gasteiger partial charge in [-0.2, -0.15) is 4.98 Å². The van der Waals surface area contributed by atoms with Crippen LogP contribution in [0, 0.1) is 11.6 Å². The molecule has 2 fully saturated rings. The van der Waals surface area contributed by atoms with E-state index >= 15 is 0 Å². The number of rotatable bonds is 4. The third-order valence-corrected chi connectivity index (χ3v) is 5.90. The van der Waals surface area contributed by atoms with Crippen LogP contribution in [0.1, 0.15) is 12.5 Å². The Morgan fingerprint density at radius 2 is 1.93 bits per heavy atom. The van der Waals surface area contributed by atoms with Gasteiger partial charge in [0, 0.05) is 32.7 Å². The van der Waals surface area contributed by atoms with E-state index in [0.717, 1.165) is 32.6 Å². The zero-order chi connectivity index (χ0) is 20.7. The minimum absolute atomic E-state index is 0.0123. The van der Waals surface area contributed by atoms with Crippen molar-refractivity contribution in [2.45, 2.75) is 12.5 Å². The number of halogens is 2. The number of imidazole rings is 1. The number of hydrogen-bond donors (Lipinski definition) is 2. The molecule has 8 nitrogen and oxygen atoms in total. The summed E-state index contributed by atoms with van der Waals surface area (Å²) in [6.45, 7) is 4.77. The van der Waals surface area contributed by atoms with E-state index in [9.17, 15) is 8.78 Å². The first-order valence-corrected chi connectivity index (χ1v) is 10.2. The topological polar surface area (TPSA) is 74.1 Å². The Hall–Kier alpha value is -2.85. The lowest BCUT2D eigenvalue weighted by Gasteiger charge is -2.34. The summed E-state index contributed by atoms with van der Waals surface area (Å²) >= 11 is 0. The molecular formula is C20H24F2N8. The number of hydrogen-bond acceptors (Lipinski definition) is 7. The van der Waals surface area contributed by atoms with E-state index in [0.29, 0.717) is 24.3 Å². The van der Waals surface area contributed by atoms with Gasteiger partial charge in [0.1, 0.15) is 5.52 Å². The number of anilines is 3. The van der Waals surface area contributed by atoms with E-state index in [1.54, 1.807) is 18.6 Å². The number of fused-ring (bicyclic) bond motifs is 1. The van der Waals surface area contributed by atoms with Gasteiger partial charge in [-0.3, -0.25) is 0 Å². The van der Waals surface area contributed by atoms with E-state index in [2.05, 4.69) is 30.5 Å². The van der Waals surface area contributed by atoms with Crippen molar-refractivity contribution in [3.63, 3.8) is 0 Å². The van der Waals surface area contributed by atoms with Gasteiger partial charge in [0.05, 0.1) is 29.9 Å². The molecule has 1 unspecified atom stereocenters. The van der Waals surface area contributed by atoms with E-state index in [1.807, 2.05) is 16.5 Å². The summed E-state index contributed by atoms with van der Waals surface area (Å²) in [7, 11) is 2.02. The first-order valence-electron chi connectivity index (χ1n) is 10.2. The van der Waals surface area contributed by atoms with E-state index in [-0.39, 0.29) is 23.4 Å². The minimum atomic E-state index is -0.927. The normalized spacial score (nSPS) is 20.2. The molecule has 2 aromatic heterocycles. The highest BCUT2D eigenvalue weighted by atomic mass is 19.2. The SMILES string of the molecule is CN1CCN(c2ccc(Nc3ncc4ncn(C5CCNC5)c4n3)c(F)c2F)CC1. The van der Waals surface area contributed by atoms with Crippen LogP contribution >= 0.6 is 0 Å². The molecule has 0 saturated carbocycles. The molecule has 3 aromatic rings. The molecule has 1 aromatic carbocycles. The maximum absolute atomic E-state index is 14.8. The zero-order valence-electron chi connectivity index (χ0n) is 16.8. The third kappa shape index (κ3) is 3.46. The van der Waals surface area contributed by atoms with E-state index < -0.39 is 11.6 Å². The van der Waals surface area contributed by atoms with Gasteiger partial charge in [0.25, 0.3) is 0 Å². The van der Waals surface area contributed by atoms with Crippen LogP contribution in [0.2, 0.25) is 0 Å². The molecule has 2 aliphatic rings. The third-order valence-electron chi connectivity index (χ3n) is 5.90. The van der Waals surface area contributed by atoms with Crippen LogP contribution in [-0.4, -0.2) is 70.7 Å². The molecular weight excluding hydrogens is 390 g/mol. The Labute approximate surface area is 172 Å². The summed E-state index contributed by atoms with van der Waals surface area (Å²) in [6.07, 6.45) is 4.34. The maximum Gasteiger partial charge on any atom is 0.229 e. The summed E-state index contributed by atoms with van der Waals surface area (Å²) in [5, 5.41) is 6.15. The van der Waals surface area contributed by atoms with Gasteiger partial charge >= 0.3 is 0 Å². The fourth-order valence-electron chi connectivity index (χ4n) is 4.08. The summed E-state index contributed by atoms with van der Waals surface area (Å²) in [6, 6.07) is 3.42. The molecule has 0 amide bonds. The first kappa shape index (κ1) is 19.1. The van der Waals surface area contributed by atoms with Crippen molar-refractivity contribution in [1.29, 1.82) is 0 Å². The number of nitrogens with zero attached hydrogens (tertiary/aromatic N) is 6. The first-order chi connectivity index (χ1) is 14.6. The van der Waals surface area contributed by atoms with Crippen molar-refractivity contribution < 1.29 is 8.78 Å². The van der Waals surface area contributed by atoms with Crippen LogP contribution < -0.4 is 15.5 Å². The molecule has 30 heavy (non-hydrogen) atoms. The van der Waals surface area contributed by atoms with Gasteiger partial charge in [-0.1, -0.05) is 0 Å². The van der Waals surface area contributed by atoms with Crippen LogP contribution in [0.15, 0.2) is 24.7 Å². The van der Waals surface area contributed by atoms with Gasteiger partial charge < -0.3 is 25.0 Å². The second-order valence-electron chi connectivity index (χ2n) is 7.88. The Bertz CT molecular complexity index is 1050. The number of piperazine rings is 1. The lowest BCUT2D eigenvalue weighted by atomic mass is 10.2. The lowest BCUT2D eigenvalue weighted by molar-refractivity contribution is 0.311. The molecule has 4 heterocycles. The summed E-state index contributed by atoms with van der Waals surface area (Å²) in [5.74, 6) is -1.57. The van der Waals surface area contributed by atoms with Crippen molar-refractivity contribution in [2.24, 2.45) is 0 Å². The van der Waals surface area contributed by atoms with Crippen molar-refractivity contribution in [3.8, 4) is 0 Å². The Kier molecular flexibility index (Phi) is 4.95. The predicted molar refractivity (Wildman–Crippen MR) is 111 cm³/mol. The summed E-state index contributed by atoms with van der Waals surface area (Å²) in [5.41, 5.74) is 1.65. The molecule has 10 heteroatoms.